The summed E-state index contributed by atoms with van der Waals surface area (Å²) >= 11 is 0. The zero-order valence-corrected chi connectivity index (χ0v) is 8.33. The molecule has 0 amide bonds. The summed E-state index contributed by atoms with van der Waals surface area (Å²) in [7, 11) is 0. The topological polar surface area (TPSA) is 135 Å². The van der Waals surface area contributed by atoms with Crippen LogP contribution in [0, 0.1) is 0 Å². The van der Waals surface area contributed by atoms with Gasteiger partial charge in [0.2, 0.25) is 0 Å². The van der Waals surface area contributed by atoms with Gasteiger partial charge >= 0.3 is 11.7 Å². The number of nitrogens with two attached hydrogens (primary N) is 1. The van der Waals surface area contributed by atoms with Gasteiger partial charge in [-0.1, -0.05) is 0 Å². The van der Waals surface area contributed by atoms with Crippen LogP contribution in [0.3, 0.4) is 0 Å². The van der Waals surface area contributed by atoms with Crippen LogP contribution in [0.2, 0.25) is 0 Å². The van der Waals surface area contributed by atoms with Crippen LogP contribution in [0.15, 0.2) is 9.59 Å². The molecule has 86 valence electrons. The molecule has 0 bridgehead atoms. The first-order valence-corrected chi connectivity index (χ1v) is 4.31. The summed E-state index contributed by atoms with van der Waals surface area (Å²) in [5.41, 5.74) is 2.74. The van der Waals surface area contributed by atoms with Gasteiger partial charge in [0.05, 0.1) is 6.61 Å². The average molecular weight is 227 g/mol. The Balaban J connectivity index is 3.25. The molecule has 0 saturated carbocycles. The van der Waals surface area contributed by atoms with E-state index in [1.165, 1.54) is 6.92 Å². The number of hydrogen-bond donors (Lipinski definition) is 3. The van der Waals surface area contributed by atoms with E-state index in [0.717, 1.165) is 0 Å². The second-order valence-electron chi connectivity index (χ2n) is 2.75. The maximum Gasteiger partial charge on any atom is 0.380 e. The van der Waals surface area contributed by atoms with Crippen molar-refractivity contribution >= 4 is 17.6 Å². The SMILES string of the molecule is CCOC(=O)C(=O)c1c(N)[nH]c(=O)[nH]c1=O. The van der Waals surface area contributed by atoms with E-state index >= 15 is 0 Å². The summed E-state index contributed by atoms with van der Waals surface area (Å²) in [4.78, 5) is 48.2. The zero-order valence-electron chi connectivity index (χ0n) is 8.33. The Morgan fingerprint density at radius 2 is 1.94 bits per heavy atom. The molecule has 16 heavy (non-hydrogen) atoms. The van der Waals surface area contributed by atoms with E-state index in [9.17, 15) is 19.2 Å². The Kier molecular flexibility index (Phi) is 3.24. The number of aromatic amines is 2. The predicted molar refractivity (Wildman–Crippen MR) is 53.1 cm³/mol. The van der Waals surface area contributed by atoms with Gasteiger partial charge in [-0.05, 0) is 6.92 Å². The summed E-state index contributed by atoms with van der Waals surface area (Å²) < 4.78 is 4.41. The lowest BCUT2D eigenvalue weighted by atomic mass is 10.2. The van der Waals surface area contributed by atoms with Crippen molar-refractivity contribution in [2.45, 2.75) is 6.92 Å². The molecule has 0 aliphatic carbocycles. The fourth-order valence-electron chi connectivity index (χ4n) is 1.03. The summed E-state index contributed by atoms with van der Waals surface area (Å²) in [6.07, 6.45) is 0. The number of esters is 1. The molecule has 0 atom stereocenters. The van der Waals surface area contributed by atoms with Gasteiger partial charge in [0, 0.05) is 0 Å². The molecule has 0 aliphatic rings. The van der Waals surface area contributed by atoms with Gasteiger partial charge in [0.25, 0.3) is 11.3 Å². The van der Waals surface area contributed by atoms with Crippen molar-refractivity contribution in [2.75, 3.05) is 12.3 Å². The molecule has 0 unspecified atom stereocenters. The van der Waals surface area contributed by atoms with E-state index in [-0.39, 0.29) is 6.61 Å². The molecule has 1 heterocycles. The van der Waals surface area contributed by atoms with Gasteiger partial charge < -0.3 is 10.5 Å². The lowest BCUT2D eigenvalue weighted by Crippen LogP contribution is -2.33. The van der Waals surface area contributed by atoms with Crippen molar-refractivity contribution in [3.05, 3.63) is 26.4 Å². The van der Waals surface area contributed by atoms with E-state index in [2.05, 4.69) is 4.74 Å². The van der Waals surface area contributed by atoms with E-state index in [0.29, 0.717) is 0 Å². The van der Waals surface area contributed by atoms with Crippen LogP contribution in [0.25, 0.3) is 0 Å². The Hall–Kier alpha value is -2.38. The Morgan fingerprint density at radius 1 is 1.31 bits per heavy atom. The van der Waals surface area contributed by atoms with E-state index in [1.807, 2.05) is 4.98 Å². The van der Waals surface area contributed by atoms with Crippen LogP contribution in [-0.2, 0) is 9.53 Å². The quantitative estimate of drug-likeness (QED) is 0.323. The maximum absolute atomic E-state index is 11.4. The Morgan fingerprint density at radius 3 is 2.44 bits per heavy atom. The third-order valence-electron chi connectivity index (χ3n) is 1.66. The van der Waals surface area contributed by atoms with Crippen molar-refractivity contribution in [2.24, 2.45) is 0 Å². The number of aromatic nitrogens is 2. The number of carbonyl (C=O) groups is 2. The smallest absolute Gasteiger partial charge is 0.380 e. The lowest BCUT2D eigenvalue weighted by molar-refractivity contribution is -0.137. The third-order valence-corrected chi connectivity index (χ3v) is 1.66. The van der Waals surface area contributed by atoms with Gasteiger partial charge in [0.1, 0.15) is 11.4 Å². The largest absolute Gasteiger partial charge is 0.460 e. The van der Waals surface area contributed by atoms with Crippen molar-refractivity contribution in [3.8, 4) is 0 Å². The fourth-order valence-corrected chi connectivity index (χ4v) is 1.03. The van der Waals surface area contributed by atoms with Gasteiger partial charge in [0.15, 0.2) is 0 Å². The molecule has 1 rings (SSSR count). The zero-order chi connectivity index (χ0) is 12.3. The highest BCUT2D eigenvalue weighted by Crippen LogP contribution is 2.01. The van der Waals surface area contributed by atoms with Crippen LogP contribution in [-0.4, -0.2) is 28.3 Å². The van der Waals surface area contributed by atoms with Crippen molar-refractivity contribution in [1.29, 1.82) is 0 Å². The fraction of sp³-hybridized carbons (Fsp3) is 0.250. The minimum Gasteiger partial charge on any atom is -0.460 e. The normalized spacial score (nSPS) is 9.81. The number of ether oxygens (including phenoxy) is 1. The summed E-state index contributed by atoms with van der Waals surface area (Å²) in [6, 6.07) is 0. The number of hydrogen-bond acceptors (Lipinski definition) is 6. The number of anilines is 1. The molecular formula is C8H9N3O5. The van der Waals surface area contributed by atoms with Gasteiger partial charge in [-0.25, -0.2) is 9.59 Å². The predicted octanol–water partition coefficient (Wildman–Crippen LogP) is -1.61. The van der Waals surface area contributed by atoms with Crippen molar-refractivity contribution < 1.29 is 14.3 Å². The minimum absolute atomic E-state index is 0.00820. The molecule has 0 radical (unpaired) electrons. The van der Waals surface area contributed by atoms with Crippen LogP contribution in [0.1, 0.15) is 17.3 Å². The van der Waals surface area contributed by atoms with Crippen molar-refractivity contribution in [3.63, 3.8) is 0 Å². The number of Topliss-reactive ketones (excluding diaryl/α,β-unsaturated/α-hetero) is 1. The molecule has 1 aromatic heterocycles. The molecule has 4 N–H and O–H groups in total. The van der Waals surface area contributed by atoms with Crippen LogP contribution in [0.4, 0.5) is 5.82 Å². The molecule has 0 spiro atoms. The first-order chi connectivity index (χ1) is 7.47. The van der Waals surface area contributed by atoms with Gasteiger partial charge in [-0.15, -0.1) is 0 Å². The second kappa shape index (κ2) is 4.43. The first-order valence-electron chi connectivity index (χ1n) is 4.31. The highest BCUT2D eigenvalue weighted by Gasteiger charge is 2.24. The molecule has 1 aromatic rings. The highest BCUT2D eigenvalue weighted by molar-refractivity contribution is 6.41. The average Bonchev–Trinajstić information content (AvgIpc) is 2.16. The van der Waals surface area contributed by atoms with E-state index in [1.54, 1.807) is 4.98 Å². The van der Waals surface area contributed by atoms with Crippen LogP contribution < -0.4 is 17.0 Å². The number of rotatable bonds is 3. The Bertz CT molecular complexity index is 541. The third kappa shape index (κ3) is 2.16. The molecular weight excluding hydrogens is 218 g/mol. The monoisotopic (exact) mass is 227 g/mol. The summed E-state index contributed by atoms with van der Waals surface area (Å²) in [5.74, 6) is -2.87. The number of nitrogens with one attached hydrogen (secondary N) is 2. The number of carbonyl (C=O) groups excluding carboxylic acids is 2. The second-order valence-corrected chi connectivity index (χ2v) is 2.75. The van der Waals surface area contributed by atoms with Crippen LogP contribution in [0.5, 0.6) is 0 Å². The van der Waals surface area contributed by atoms with Crippen LogP contribution >= 0.6 is 0 Å². The van der Waals surface area contributed by atoms with Crippen molar-refractivity contribution in [1.82, 2.24) is 9.97 Å². The number of nitrogen functional groups attached to an aromatic ring is 1. The minimum atomic E-state index is -1.20. The van der Waals surface area contributed by atoms with E-state index < -0.39 is 34.4 Å². The van der Waals surface area contributed by atoms with Gasteiger partial charge in [-0.3, -0.25) is 19.6 Å². The molecule has 0 aliphatic heterocycles. The molecule has 0 saturated heterocycles. The number of H-pyrrole nitrogens is 2. The lowest BCUT2D eigenvalue weighted by Gasteiger charge is -2.02. The van der Waals surface area contributed by atoms with E-state index in [4.69, 9.17) is 5.73 Å². The summed E-state index contributed by atoms with van der Waals surface area (Å²) in [6.45, 7) is 1.50. The molecule has 8 nitrogen and oxygen atoms in total. The summed E-state index contributed by atoms with van der Waals surface area (Å²) in [5, 5.41) is 0. The highest BCUT2D eigenvalue weighted by atomic mass is 16.5. The van der Waals surface area contributed by atoms with Gasteiger partial charge in [-0.2, -0.15) is 0 Å². The Labute approximate surface area is 88.4 Å². The molecule has 0 aromatic carbocycles. The first kappa shape index (κ1) is 11.7. The standard InChI is InChI=1S/C8H9N3O5/c1-2-16-7(14)4(12)3-5(9)10-8(15)11-6(3)13/h2H2,1H3,(H4,9,10,11,13,15). The number of ketones is 1. The molecule has 8 heteroatoms. The molecule has 0 fully saturated rings. The maximum atomic E-state index is 11.4.